The van der Waals surface area contributed by atoms with E-state index in [1.807, 2.05) is 29.2 Å². The van der Waals surface area contributed by atoms with Gasteiger partial charge in [-0.05, 0) is 42.7 Å². The van der Waals surface area contributed by atoms with E-state index in [4.69, 9.17) is 4.74 Å². The van der Waals surface area contributed by atoms with Crippen molar-refractivity contribution < 1.29 is 19.4 Å². The van der Waals surface area contributed by atoms with Crippen LogP contribution in [-0.2, 0) is 9.59 Å². The Hall–Kier alpha value is -3.02. The van der Waals surface area contributed by atoms with Gasteiger partial charge in [-0.3, -0.25) is 9.59 Å². The van der Waals surface area contributed by atoms with Crippen LogP contribution in [0.5, 0.6) is 11.5 Å². The molecule has 1 aliphatic heterocycles. The molecule has 154 valence electrons. The topological polar surface area (TPSA) is 78.9 Å². The number of unbranched alkanes of at least 4 members (excludes halogenated alkanes) is 1. The number of methoxy groups -OCH3 is 1. The highest BCUT2D eigenvalue weighted by Gasteiger charge is 2.40. The van der Waals surface area contributed by atoms with Crippen LogP contribution in [0.3, 0.4) is 0 Å². The number of aromatic hydroxyl groups is 1. The molecule has 29 heavy (non-hydrogen) atoms. The second-order valence-corrected chi connectivity index (χ2v) is 7.31. The molecule has 0 radical (unpaired) electrons. The molecule has 1 heterocycles. The second-order valence-electron chi connectivity index (χ2n) is 7.31. The van der Waals surface area contributed by atoms with Gasteiger partial charge in [0.1, 0.15) is 11.5 Å². The predicted molar refractivity (Wildman–Crippen MR) is 112 cm³/mol. The van der Waals surface area contributed by atoms with Gasteiger partial charge in [-0.15, -0.1) is 0 Å². The lowest BCUT2D eigenvalue weighted by Gasteiger charge is -2.41. The van der Waals surface area contributed by atoms with Crippen LogP contribution in [0.2, 0.25) is 0 Å². The number of nitrogens with one attached hydrogen (secondary N) is 1. The molecule has 0 aliphatic carbocycles. The van der Waals surface area contributed by atoms with Crippen LogP contribution in [0.25, 0.3) is 0 Å². The van der Waals surface area contributed by atoms with Crippen LogP contribution in [0.15, 0.2) is 48.5 Å². The lowest BCUT2D eigenvalue weighted by molar-refractivity contribution is -0.142. The third-order valence-corrected chi connectivity index (χ3v) is 5.42. The highest BCUT2D eigenvalue weighted by molar-refractivity contribution is 5.95. The van der Waals surface area contributed by atoms with Gasteiger partial charge in [-0.25, -0.2) is 0 Å². The van der Waals surface area contributed by atoms with Crippen molar-refractivity contribution in [1.29, 1.82) is 0 Å². The first-order chi connectivity index (χ1) is 14.0. The van der Waals surface area contributed by atoms with Gasteiger partial charge in [-0.2, -0.15) is 0 Å². The lowest BCUT2D eigenvalue weighted by Crippen LogP contribution is -2.47. The summed E-state index contributed by atoms with van der Waals surface area (Å²) in [4.78, 5) is 27.7. The van der Waals surface area contributed by atoms with Crippen LogP contribution >= 0.6 is 0 Å². The second kappa shape index (κ2) is 9.45. The molecule has 1 saturated heterocycles. The van der Waals surface area contributed by atoms with Gasteiger partial charge in [-0.1, -0.05) is 37.6 Å². The standard InChI is InChI=1S/C23H28N2O4/c1-3-4-15-25-21(27)14-13-18(22(25)16-9-11-17(29-2)12-10-16)23(28)24-19-7-5-6-8-20(19)26/h5-12,18,22,26H,3-4,13-15H2,1-2H3,(H,24,28)/t18-,22-/m0/s1. The number of anilines is 1. The van der Waals surface area contributed by atoms with E-state index in [2.05, 4.69) is 12.2 Å². The van der Waals surface area contributed by atoms with Gasteiger partial charge >= 0.3 is 0 Å². The fourth-order valence-corrected chi connectivity index (χ4v) is 3.84. The molecule has 3 rings (SSSR count). The highest BCUT2D eigenvalue weighted by atomic mass is 16.5. The summed E-state index contributed by atoms with van der Waals surface area (Å²) in [7, 11) is 1.61. The lowest BCUT2D eigenvalue weighted by atomic mass is 9.83. The molecule has 0 aromatic heterocycles. The van der Waals surface area contributed by atoms with Crippen molar-refractivity contribution >= 4 is 17.5 Å². The monoisotopic (exact) mass is 396 g/mol. The number of carbonyl (C=O) groups is 2. The Morgan fingerprint density at radius 2 is 1.93 bits per heavy atom. The largest absolute Gasteiger partial charge is 0.506 e. The van der Waals surface area contributed by atoms with E-state index < -0.39 is 5.92 Å². The van der Waals surface area contributed by atoms with Crippen LogP contribution in [0.1, 0.15) is 44.2 Å². The molecular weight excluding hydrogens is 368 g/mol. The Balaban J connectivity index is 1.92. The average molecular weight is 396 g/mol. The number of nitrogens with zero attached hydrogens (tertiary/aromatic N) is 1. The number of benzene rings is 2. The maximum absolute atomic E-state index is 13.2. The first-order valence-electron chi connectivity index (χ1n) is 10.1. The normalized spacial score (nSPS) is 19.1. The number of likely N-dealkylation sites (tertiary alicyclic amines) is 1. The van der Waals surface area contributed by atoms with Gasteiger partial charge < -0.3 is 20.1 Å². The van der Waals surface area contributed by atoms with E-state index in [1.165, 1.54) is 6.07 Å². The van der Waals surface area contributed by atoms with E-state index in [1.54, 1.807) is 25.3 Å². The van der Waals surface area contributed by atoms with Crippen molar-refractivity contribution in [3.05, 3.63) is 54.1 Å². The first kappa shape index (κ1) is 20.7. The van der Waals surface area contributed by atoms with Gasteiger partial charge in [0.05, 0.1) is 24.8 Å². The fourth-order valence-electron chi connectivity index (χ4n) is 3.84. The van der Waals surface area contributed by atoms with Gasteiger partial charge in [0, 0.05) is 13.0 Å². The molecule has 2 aromatic rings. The molecule has 0 unspecified atom stereocenters. The Bertz CT molecular complexity index is 850. The molecule has 2 atom stereocenters. The number of para-hydroxylation sites is 2. The Morgan fingerprint density at radius 3 is 2.59 bits per heavy atom. The third kappa shape index (κ3) is 4.70. The van der Waals surface area contributed by atoms with Crippen LogP contribution < -0.4 is 10.1 Å². The fraction of sp³-hybridized carbons (Fsp3) is 0.391. The maximum atomic E-state index is 13.2. The van der Waals surface area contributed by atoms with Crippen molar-refractivity contribution in [1.82, 2.24) is 4.90 Å². The van der Waals surface area contributed by atoms with Crippen molar-refractivity contribution in [3.63, 3.8) is 0 Å². The van der Waals surface area contributed by atoms with Crippen LogP contribution in [0, 0.1) is 5.92 Å². The first-order valence-corrected chi connectivity index (χ1v) is 10.1. The van der Waals surface area contributed by atoms with Gasteiger partial charge in [0.25, 0.3) is 0 Å². The zero-order valence-corrected chi connectivity index (χ0v) is 16.9. The minimum Gasteiger partial charge on any atom is -0.506 e. The Morgan fingerprint density at radius 1 is 1.21 bits per heavy atom. The average Bonchev–Trinajstić information content (AvgIpc) is 2.74. The molecular formula is C23H28N2O4. The summed E-state index contributed by atoms with van der Waals surface area (Å²) in [6.45, 7) is 2.70. The number of phenolic OH excluding ortho intramolecular Hbond substituents is 1. The van der Waals surface area contributed by atoms with Crippen molar-refractivity contribution in [2.75, 3.05) is 19.0 Å². The zero-order valence-electron chi connectivity index (χ0n) is 16.9. The smallest absolute Gasteiger partial charge is 0.230 e. The highest BCUT2D eigenvalue weighted by Crippen LogP contribution is 2.38. The molecule has 1 fully saturated rings. The van der Waals surface area contributed by atoms with Crippen molar-refractivity contribution in [2.24, 2.45) is 5.92 Å². The van der Waals surface area contributed by atoms with E-state index in [0.717, 1.165) is 24.2 Å². The van der Waals surface area contributed by atoms with Crippen molar-refractivity contribution in [3.8, 4) is 11.5 Å². The van der Waals surface area contributed by atoms with Crippen LogP contribution in [-0.4, -0.2) is 35.5 Å². The molecule has 1 aliphatic rings. The summed E-state index contributed by atoms with van der Waals surface area (Å²) in [5.74, 6) is 0.229. The number of carbonyl (C=O) groups excluding carboxylic acids is 2. The summed E-state index contributed by atoms with van der Waals surface area (Å²) in [5.41, 5.74) is 1.29. The SMILES string of the molecule is CCCCN1C(=O)CC[C@H](C(=O)Nc2ccccc2O)[C@@H]1c1ccc(OC)cc1. The summed E-state index contributed by atoms with van der Waals surface area (Å²) >= 11 is 0. The number of phenols is 1. The quantitative estimate of drug-likeness (QED) is 0.690. The predicted octanol–water partition coefficient (Wildman–Crippen LogP) is 4.12. The molecule has 2 aromatic carbocycles. The minimum absolute atomic E-state index is 0.0246. The Labute approximate surface area is 171 Å². The summed E-state index contributed by atoms with van der Waals surface area (Å²) in [6.07, 6.45) is 2.66. The van der Waals surface area contributed by atoms with E-state index in [0.29, 0.717) is 25.1 Å². The maximum Gasteiger partial charge on any atom is 0.230 e. The number of ether oxygens (including phenoxy) is 1. The third-order valence-electron chi connectivity index (χ3n) is 5.42. The Kier molecular flexibility index (Phi) is 6.75. The molecule has 2 N–H and O–H groups in total. The molecule has 0 bridgehead atoms. The molecule has 0 saturated carbocycles. The van der Waals surface area contributed by atoms with Crippen LogP contribution in [0.4, 0.5) is 5.69 Å². The number of hydrogen-bond acceptors (Lipinski definition) is 4. The van der Waals surface area contributed by atoms with E-state index in [9.17, 15) is 14.7 Å². The van der Waals surface area contributed by atoms with Crippen molar-refractivity contribution in [2.45, 2.75) is 38.6 Å². The van der Waals surface area contributed by atoms with E-state index >= 15 is 0 Å². The zero-order chi connectivity index (χ0) is 20.8. The van der Waals surface area contributed by atoms with Gasteiger partial charge in [0.15, 0.2) is 0 Å². The molecule has 6 nitrogen and oxygen atoms in total. The number of piperidine rings is 1. The number of amides is 2. The van der Waals surface area contributed by atoms with E-state index in [-0.39, 0.29) is 23.6 Å². The summed E-state index contributed by atoms with van der Waals surface area (Å²) < 4.78 is 5.25. The molecule has 6 heteroatoms. The minimum atomic E-state index is -0.405. The number of rotatable bonds is 7. The molecule has 0 spiro atoms. The summed E-state index contributed by atoms with van der Waals surface area (Å²) in [6, 6.07) is 13.9. The number of hydrogen-bond donors (Lipinski definition) is 2. The van der Waals surface area contributed by atoms with Gasteiger partial charge in [0.2, 0.25) is 11.8 Å². The summed E-state index contributed by atoms with van der Waals surface area (Å²) in [5, 5.41) is 12.9. The molecule has 2 amide bonds.